The first-order valence-electron chi connectivity index (χ1n) is 5.89. The van der Waals surface area contributed by atoms with E-state index in [1.54, 1.807) is 7.05 Å². The Morgan fingerprint density at radius 3 is 2.67 bits per heavy atom. The molecule has 0 radical (unpaired) electrons. The Balaban J connectivity index is 3.28. The van der Waals surface area contributed by atoms with Crippen molar-refractivity contribution in [2.75, 3.05) is 30.8 Å². The molecule has 5 nitrogen and oxygen atoms in total. The number of nitrogen functional groups attached to an aromatic ring is 1. The van der Waals surface area contributed by atoms with E-state index in [9.17, 15) is 10.1 Å². The summed E-state index contributed by atoms with van der Waals surface area (Å²) < 4.78 is 0. The van der Waals surface area contributed by atoms with Crippen LogP contribution in [0.25, 0.3) is 0 Å². The summed E-state index contributed by atoms with van der Waals surface area (Å²) in [6, 6.07) is 2.10. The molecule has 18 heavy (non-hydrogen) atoms. The van der Waals surface area contributed by atoms with Crippen LogP contribution in [0, 0.1) is 11.3 Å². The highest BCUT2D eigenvalue weighted by molar-refractivity contribution is 7.19. The summed E-state index contributed by atoms with van der Waals surface area (Å²) in [5.41, 5.74) is 6.57. The first-order chi connectivity index (χ1) is 8.60. The van der Waals surface area contributed by atoms with Crippen LogP contribution in [-0.4, -0.2) is 26.0 Å². The molecule has 0 spiro atoms. The van der Waals surface area contributed by atoms with Crippen LogP contribution in [0.1, 0.15) is 35.5 Å². The molecule has 0 fully saturated rings. The van der Waals surface area contributed by atoms with Gasteiger partial charge in [0.15, 0.2) is 0 Å². The Morgan fingerprint density at radius 2 is 2.22 bits per heavy atom. The van der Waals surface area contributed by atoms with Crippen LogP contribution in [0.3, 0.4) is 0 Å². The SMILES string of the molecule is CCCN(CC)c1sc(C(=O)NC)c(N)c1C#N. The third-order valence-corrected chi connectivity index (χ3v) is 3.90. The zero-order valence-corrected chi connectivity index (χ0v) is 11.7. The molecule has 0 aromatic carbocycles. The lowest BCUT2D eigenvalue weighted by Gasteiger charge is -2.20. The summed E-state index contributed by atoms with van der Waals surface area (Å²) >= 11 is 1.28. The van der Waals surface area contributed by atoms with E-state index >= 15 is 0 Å². The van der Waals surface area contributed by atoms with Gasteiger partial charge >= 0.3 is 0 Å². The molecule has 1 heterocycles. The molecule has 1 aromatic heterocycles. The Morgan fingerprint density at radius 1 is 1.56 bits per heavy atom. The molecule has 0 atom stereocenters. The van der Waals surface area contributed by atoms with Crippen molar-refractivity contribution in [3.63, 3.8) is 0 Å². The molecule has 0 aliphatic rings. The number of hydrogen-bond donors (Lipinski definition) is 2. The average Bonchev–Trinajstić information content (AvgIpc) is 2.71. The lowest BCUT2D eigenvalue weighted by Crippen LogP contribution is -2.23. The third-order valence-electron chi connectivity index (χ3n) is 2.63. The molecule has 0 aliphatic heterocycles. The fraction of sp³-hybridized carbons (Fsp3) is 0.500. The lowest BCUT2D eigenvalue weighted by molar-refractivity contribution is 0.0968. The maximum absolute atomic E-state index is 11.7. The van der Waals surface area contributed by atoms with Gasteiger partial charge in [0.2, 0.25) is 0 Å². The molecular formula is C12H18N4OS. The summed E-state index contributed by atoms with van der Waals surface area (Å²) in [6.45, 7) is 5.73. The zero-order chi connectivity index (χ0) is 13.7. The number of carbonyl (C=O) groups is 1. The second kappa shape index (κ2) is 6.26. The molecule has 1 aromatic rings. The predicted octanol–water partition coefficient (Wildman–Crippen LogP) is 1.80. The van der Waals surface area contributed by atoms with Gasteiger partial charge in [0.1, 0.15) is 21.5 Å². The molecule has 0 bridgehead atoms. The quantitative estimate of drug-likeness (QED) is 0.851. The second-order valence-corrected chi connectivity index (χ2v) is 4.79. The highest BCUT2D eigenvalue weighted by Crippen LogP contribution is 2.37. The van der Waals surface area contributed by atoms with Crippen molar-refractivity contribution in [2.24, 2.45) is 0 Å². The lowest BCUT2D eigenvalue weighted by atomic mass is 10.2. The minimum Gasteiger partial charge on any atom is -0.396 e. The molecule has 6 heteroatoms. The Hall–Kier alpha value is -1.74. The van der Waals surface area contributed by atoms with Crippen LogP contribution in [0.15, 0.2) is 0 Å². The number of nitriles is 1. The first-order valence-corrected chi connectivity index (χ1v) is 6.71. The van der Waals surface area contributed by atoms with Crippen molar-refractivity contribution >= 4 is 27.9 Å². The molecule has 3 N–H and O–H groups in total. The van der Waals surface area contributed by atoms with Crippen molar-refractivity contribution in [3.8, 4) is 6.07 Å². The number of rotatable bonds is 5. The Kier molecular flexibility index (Phi) is 4.98. The predicted molar refractivity (Wildman–Crippen MR) is 75.0 cm³/mol. The molecule has 98 valence electrons. The Labute approximate surface area is 111 Å². The minimum atomic E-state index is -0.243. The highest BCUT2D eigenvalue weighted by Gasteiger charge is 2.22. The van der Waals surface area contributed by atoms with Gasteiger partial charge in [0, 0.05) is 20.1 Å². The van der Waals surface area contributed by atoms with Crippen LogP contribution < -0.4 is 16.0 Å². The fourth-order valence-electron chi connectivity index (χ4n) is 1.72. The Bertz CT molecular complexity index is 475. The maximum Gasteiger partial charge on any atom is 0.263 e. The van der Waals surface area contributed by atoms with E-state index in [1.807, 2.05) is 6.92 Å². The zero-order valence-electron chi connectivity index (χ0n) is 10.9. The van der Waals surface area contributed by atoms with Crippen LogP contribution in [0.2, 0.25) is 0 Å². The van der Waals surface area contributed by atoms with Gasteiger partial charge in [-0.3, -0.25) is 4.79 Å². The number of hydrogen-bond acceptors (Lipinski definition) is 5. The van der Waals surface area contributed by atoms with Crippen molar-refractivity contribution in [1.29, 1.82) is 5.26 Å². The average molecular weight is 266 g/mol. The number of nitrogens with two attached hydrogens (primary N) is 1. The van der Waals surface area contributed by atoms with Crippen molar-refractivity contribution in [2.45, 2.75) is 20.3 Å². The number of amides is 1. The van der Waals surface area contributed by atoms with Crippen LogP contribution >= 0.6 is 11.3 Å². The van der Waals surface area contributed by atoms with Crippen LogP contribution in [0.4, 0.5) is 10.7 Å². The van der Waals surface area contributed by atoms with E-state index in [2.05, 4.69) is 23.2 Å². The van der Waals surface area contributed by atoms with Gasteiger partial charge < -0.3 is 16.0 Å². The van der Waals surface area contributed by atoms with Gasteiger partial charge in [-0.1, -0.05) is 6.92 Å². The van der Waals surface area contributed by atoms with Gasteiger partial charge in [-0.05, 0) is 13.3 Å². The van der Waals surface area contributed by atoms with E-state index < -0.39 is 0 Å². The molecule has 1 rings (SSSR count). The summed E-state index contributed by atoms with van der Waals surface area (Å²) in [6.07, 6.45) is 0.978. The fourth-order valence-corrected chi connectivity index (χ4v) is 2.92. The number of anilines is 2. The first kappa shape index (κ1) is 14.3. The summed E-state index contributed by atoms with van der Waals surface area (Å²) in [5, 5.41) is 12.5. The molecule has 0 unspecified atom stereocenters. The van der Waals surface area contributed by atoms with Crippen molar-refractivity contribution in [1.82, 2.24) is 5.32 Å². The topological polar surface area (TPSA) is 82.2 Å². The smallest absolute Gasteiger partial charge is 0.263 e. The largest absolute Gasteiger partial charge is 0.396 e. The van der Waals surface area contributed by atoms with E-state index in [4.69, 9.17) is 5.73 Å². The van der Waals surface area contributed by atoms with E-state index in [0.717, 1.165) is 24.5 Å². The molecule has 0 aliphatic carbocycles. The molecular weight excluding hydrogens is 248 g/mol. The standard InChI is InChI=1S/C12H18N4OS/c1-4-6-16(5-2)12-8(7-13)9(14)10(18-12)11(17)15-3/h4-6,14H2,1-3H3,(H,15,17). The highest BCUT2D eigenvalue weighted by atomic mass is 32.1. The maximum atomic E-state index is 11.7. The van der Waals surface area contributed by atoms with Crippen LogP contribution in [-0.2, 0) is 0 Å². The number of nitrogens with one attached hydrogen (secondary N) is 1. The van der Waals surface area contributed by atoms with Gasteiger partial charge in [0.25, 0.3) is 5.91 Å². The summed E-state index contributed by atoms with van der Waals surface area (Å²) in [4.78, 5) is 14.2. The molecule has 0 saturated heterocycles. The third kappa shape index (κ3) is 2.57. The van der Waals surface area contributed by atoms with E-state index in [-0.39, 0.29) is 11.6 Å². The van der Waals surface area contributed by atoms with Gasteiger partial charge in [-0.2, -0.15) is 5.26 Å². The van der Waals surface area contributed by atoms with Gasteiger partial charge in [-0.25, -0.2) is 0 Å². The van der Waals surface area contributed by atoms with Crippen LogP contribution in [0.5, 0.6) is 0 Å². The van der Waals surface area contributed by atoms with Gasteiger partial charge in [-0.15, -0.1) is 11.3 Å². The van der Waals surface area contributed by atoms with E-state index in [1.165, 1.54) is 11.3 Å². The minimum absolute atomic E-state index is 0.243. The van der Waals surface area contributed by atoms with E-state index in [0.29, 0.717) is 10.4 Å². The number of thiophene rings is 1. The molecule has 0 saturated carbocycles. The second-order valence-electron chi connectivity index (χ2n) is 3.80. The van der Waals surface area contributed by atoms with Crippen molar-refractivity contribution in [3.05, 3.63) is 10.4 Å². The normalized spacial score (nSPS) is 9.89. The summed E-state index contributed by atoms with van der Waals surface area (Å²) in [7, 11) is 1.55. The molecule has 1 amide bonds. The monoisotopic (exact) mass is 266 g/mol. The van der Waals surface area contributed by atoms with Crippen molar-refractivity contribution < 1.29 is 4.79 Å². The van der Waals surface area contributed by atoms with Gasteiger partial charge in [0.05, 0.1) is 5.69 Å². The number of carbonyl (C=O) groups excluding carboxylic acids is 1. The number of nitrogens with zero attached hydrogens (tertiary/aromatic N) is 2. The summed E-state index contributed by atoms with van der Waals surface area (Å²) in [5.74, 6) is -0.243.